The Morgan fingerprint density at radius 3 is 2.46 bits per heavy atom. The molecule has 0 saturated carbocycles. The van der Waals surface area contributed by atoms with Crippen LogP contribution >= 0.6 is 11.3 Å². The normalized spacial score (nSPS) is 12.1. The number of likely N-dealkylation sites (N-methyl/N-ethyl adjacent to an activating group) is 1. The van der Waals surface area contributed by atoms with E-state index < -0.39 is 0 Å². The molecule has 1 heterocycles. The second kappa shape index (κ2) is 9.35. The van der Waals surface area contributed by atoms with Gasteiger partial charge in [0.05, 0.1) is 10.9 Å². The predicted octanol–water partition coefficient (Wildman–Crippen LogP) is 3.52. The molecule has 0 spiro atoms. The topological polar surface area (TPSA) is 49.4 Å². The van der Waals surface area contributed by atoms with E-state index in [9.17, 15) is 9.59 Å². The van der Waals surface area contributed by atoms with E-state index in [2.05, 4.69) is 22.3 Å². The Bertz CT molecular complexity index is 639. The van der Waals surface area contributed by atoms with Crippen LogP contribution in [-0.2, 0) is 4.79 Å². The standard InChI is InChI=1S/C19H24N2O2S/c1-21(2)16(15-8-4-3-5-9-15)14-20-19(23)12-6-10-17(22)18-11-7-13-24-18/h3-5,7-9,11,13,16H,6,10,12,14H2,1-2H3,(H,20,23). The number of hydrogen-bond acceptors (Lipinski definition) is 4. The second-order valence-corrected chi connectivity index (χ2v) is 6.90. The summed E-state index contributed by atoms with van der Waals surface area (Å²) in [5.41, 5.74) is 1.18. The molecule has 0 aliphatic heterocycles. The van der Waals surface area contributed by atoms with E-state index in [4.69, 9.17) is 0 Å². The molecule has 2 rings (SSSR count). The molecule has 0 saturated heterocycles. The van der Waals surface area contributed by atoms with Crippen molar-refractivity contribution in [1.29, 1.82) is 0 Å². The van der Waals surface area contributed by atoms with E-state index in [1.54, 1.807) is 0 Å². The maximum atomic E-state index is 12.0. The molecule has 1 atom stereocenters. The van der Waals surface area contributed by atoms with Crippen LogP contribution in [-0.4, -0.2) is 37.2 Å². The first-order valence-corrected chi connectivity index (χ1v) is 9.00. The van der Waals surface area contributed by atoms with Gasteiger partial charge in [-0.05, 0) is 37.5 Å². The van der Waals surface area contributed by atoms with Crippen LogP contribution in [0.15, 0.2) is 47.8 Å². The van der Waals surface area contributed by atoms with Crippen molar-refractivity contribution in [2.45, 2.75) is 25.3 Å². The average molecular weight is 344 g/mol. The number of hydrogen-bond donors (Lipinski definition) is 1. The molecule has 1 unspecified atom stereocenters. The van der Waals surface area contributed by atoms with E-state index in [-0.39, 0.29) is 17.7 Å². The molecule has 2 aromatic rings. The number of rotatable bonds is 9. The quantitative estimate of drug-likeness (QED) is 0.708. The van der Waals surface area contributed by atoms with Crippen LogP contribution in [0.2, 0.25) is 0 Å². The lowest BCUT2D eigenvalue weighted by Gasteiger charge is -2.25. The average Bonchev–Trinajstić information content (AvgIpc) is 3.10. The first kappa shape index (κ1) is 18.4. The second-order valence-electron chi connectivity index (χ2n) is 5.95. The number of nitrogens with zero attached hydrogens (tertiary/aromatic N) is 1. The summed E-state index contributed by atoms with van der Waals surface area (Å²) in [6, 6.07) is 14.0. The van der Waals surface area contributed by atoms with Gasteiger partial charge < -0.3 is 10.2 Å². The molecule has 128 valence electrons. The van der Waals surface area contributed by atoms with Crippen molar-refractivity contribution in [3.63, 3.8) is 0 Å². The van der Waals surface area contributed by atoms with Crippen LogP contribution in [0, 0.1) is 0 Å². The zero-order valence-electron chi connectivity index (χ0n) is 14.2. The number of Topliss-reactive ketones (excluding diaryl/α,β-unsaturated/α-hetero) is 1. The fourth-order valence-electron chi connectivity index (χ4n) is 2.54. The van der Waals surface area contributed by atoms with Gasteiger partial charge in [-0.25, -0.2) is 0 Å². The van der Waals surface area contributed by atoms with Crippen LogP contribution in [0.25, 0.3) is 0 Å². The summed E-state index contributed by atoms with van der Waals surface area (Å²) in [6.45, 7) is 0.564. The van der Waals surface area contributed by atoms with Gasteiger partial charge in [0.1, 0.15) is 0 Å². The van der Waals surface area contributed by atoms with Gasteiger partial charge in [-0.1, -0.05) is 36.4 Å². The maximum Gasteiger partial charge on any atom is 0.220 e. The molecule has 0 fully saturated rings. The third kappa shape index (κ3) is 5.58. The van der Waals surface area contributed by atoms with Crippen molar-refractivity contribution in [2.24, 2.45) is 0 Å². The molecule has 0 radical (unpaired) electrons. The van der Waals surface area contributed by atoms with Gasteiger partial charge in [-0.3, -0.25) is 9.59 Å². The highest BCUT2D eigenvalue weighted by Gasteiger charge is 2.15. The van der Waals surface area contributed by atoms with Crippen molar-refractivity contribution in [3.05, 3.63) is 58.3 Å². The Morgan fingerprint density at radius 1 is 1.08 bits per heavy atom. The molecular formula is C19H24N2O2S. The molecule has 1 aromatic carbocycles. The van der Waals surface area contributed by atoms with E-state index in [1.165, 1.54) is 16.9 Å². The van der Waals surface area contributed by atoms with E-state index in [0.29, 0.717) is 25.8 Å². The highest BCUT2D eigenvalue weighted by molar-refractivity contribution is 7.12. The molecule has 4 nitrogen and oxygen atoms in total. The number of nitrogens with one attached hydrogen (secondary N) is 1. The minimum atomic E-state index is -0.00300. The third-order valence-corrected chi connectivity index (χ3v) is 4.81. The Hall–Kier alpha value is -1.98. The van der Waals surface area contributed by atoms with E-state index >= 15 is 0 Å². The Labute approximate surface area is 147 Å². The number of ketones is 1. The zero-order chi connectivity index (χ0) is 17.4. The van der Waals surface area contributed by atoms with Gasteiger partial charge in [0, 0.05) is 19.4 Å². The minimum absolute atomic E-state index is 0.00300. The number of amides is 1. The molecule has 1 aromatic heterocycles. The maximum absolute atomic E-state index is 12.0. The predicted molar refractivity (Wildman–Crippen MR) is 98.4 cm³/mol. The molecule has 0 bridgehead atoms. The molecular weight excluding hydrogens is 320 g/mol. The summed E-state index contributed by atoms with van der Waals surface area (Å²) < 4.78 is 0. The summed E-state index contributed by atoms with van der Waals surface area (Å²) in [4.78, 5) is 26.8. The smallest absolute Gasteiger partial charge is 0.220 e. The summed E-state index contributed by atoms with van der Waals surface area (Å²) in [6.07, 6.45) is 1.39. The molecule has 1 N–H and O–H groups in total. The molecule has 5 heteroatoms. The summed E-state index contributed by atoms with van der Waals surface area (Å²) >= 11 is 1.45. The van der Waals surface area contributed by atoms with Crippen LogP contribution in [0.4, 0.5) is 0 Å². The van der Waals surface area contributed by atoms with Crippen molar-refractivity contribution >= 4 is 23.0 Å². The lowest BCUT2D eigenvalue weighted by molar-refractivity contribution is -0.121. The van der Waals surface area contributed by atoms with E-state index in [1.807, 2.05) is 49.8 Å². The SMILES string of the molecule is CN(C)C(CNC(=O)CCCC(=O)c1cccs1)c1ccccc1. The molecule has 24 heavy (non-hydrogen) atoms. The third-order valence-electron chi connectivity index (χ3n) is 3.90. The number of carbonyl (C=O) groups excluding carboxylic acids is 2. The van der Waals surface area contributed by atoms with Gasteiger partial charge in [0.25, 0.3) is 0 Å². The minimum Gasteiger partial charge on any atom is -0.354 e. The van der Waals surface area contributed by atoms with Gasteiger partial charge in [-0.2, -0.15) is 0 Å². The Morgan fingerprint density at radius 2 is 1.83 bits per heavy atom. The summed E-state index contributed by atoms with van der Waals surface area (Å²) in [5.74, 6) is 0.116. The van der Waals surface area contributed by atoms with Crippen LogP contribution in [0.5, 0.6) is 0 Å². The first-order chi connectivity index (χ1) is 11.6. The van der Waals surface area contributed by atoms with Crippen LogP contribution < -0.4 is 5.32 Å². The van der Waals surface area contributed by atoms with Gasteiger partial charge in [0.15, 0.2) is 5.78 Å². The van der Waals surface area contributed by atoms with Gasteiger partial charge in [0.2, 0.25) is 5.91 Å². The largest absolute Gasteiger partial charge is 0.354 e. The van der Waals surface area contributed by atoms with Crippen molar-refractivity contribution in [3.8, 4) is 0 Å². The monoisotopic (exact) mass is 344 g/mol. The van der Waals surface area contributed by atoms with E-state index in [0.717, 1.165) is 4.88 Å². The van der Waals surface area contributed by atoms with Crippen molar-refractivity contribution < 1.29 is 9.59 Å². The van der Waals surface area contributed by atoms with Crippen molar-refractivity contribution in [2.75, 3.05) is 20.6 Å². The highest BCUT2D eigenvalue weighted by atomic mass is 32.1. The Kier molecular flexibility index (Phi) is 7.15. The van der Waals surface area contributed by atoms with Crippen LogP contribution in [0.1, 0.15) is 40.5 Å². The summed E-state index contributed by atoms with van der Waals surface area (Å²) in [7, 11) is 4.01. The van der Waals surface area contributed by atoms with Gasteiger partial charge >= 0.3 is 0 Å². The molecule has 0 aliphatic carbocycles. The Balaban J connectivity index is 1.74. The summed E-state index contributed by atoms with van der Waals surface area (Å²) in [5, 5.41) is 4.88. The van der Waals surface area contributed by atoms with Gasteiger partial charge in [-0.15, -0.1) is 11.3 Å². The first-order valence-electron chi connectivity index (χ1n) is 8.12. The lowest BCUT2D eigenvalue weighted by Crippen LogP contribution is -2.34. The fourth-order valence-corrected chi connectivity index (χ4v) is 3.24. The highest BCUT2D eigenvalue weighted by Crippen LogP contribution is 2.17. The molecule has 1 amide bonds. The molecule has 0 aliphatic rings. The number of thiophene rings is 1. The fraction of sp³-hybridized carbons (Fsp3) is 0.368. The zero-order valence-corrected chi connectivity index (χ0v) is 15.0. The van der Waals surface area contributed by atoms with Crippen LogP contribution in [0.3, 0.4) is 0 Å². The number of carbonyl (C=O) groups is 2. The lowest BCUT2D eigenvalue weighted by atomic mass is 10.1. The number of benzene rings is 1. The van der Waals surface area contributed by atoms with Crippen molar-refractivity contribution in [1.82, 2.24) is 10.2 Å².